The minimum absolute atomic E-state index is 0.115. The van der Waals surface area contributed by atoms with Crippen molar-refractivity contribution in [2.45, 2.75) is 26.9 Å². The number of rotatable bonds is 7. The zero-order chi connectivity index (χ0) is 22.3. The minimum Gasteiger partial charge on any atom is -0.504 e. The van der Waals surface area contributed by atoms with Crippen molar-refractivity contribution in [1.82, 2.24) is 5.48 Å². The van der Waals surface area contributed by atoms with Crippen LogP contribution in [0.15, 0.2) is 54.6 Å². The molecule has 2 amide bonds. The van der Waals surface area contributed by atoms with Crippen LogP contribution in [-0.4, -0.2) is 29.4 Å². The van der Waals surface area contributed by atoms with Crippen LogP contribution in [0.5, 0.6) is 11.5 Å². The summed E-state index contributed by atoms with van der Waals surface area (Å²) < 4.78 is 10.7. The summed E-state index contributed by atoms with van der Waals surface area (Å²) in [5.41, 5.74) is 2.75. The third kappa shape index (κ3) is 5.99. The molecule has 4 N–H and O–H groups in total. The van der Waals surface area contributed by atoms with Crippen molar-refractivity contribution < 1.29 is 29.4 Å². The molecule has 2 aromatic rings. The number of hydroxylamine groups is 1. The number of ether oxygens (including phenoxy) is 2. The van der Waals surface area contributed by atoms with E-state index in [9.17, 15) is 14.7 Å². The minimum atomic E-state index is -0.877. The number of aromatic hydroxyl groups is 1. The van der Waals surface area contributed by atoms with Crippen molar-refractivity contribution in [3.05, 3.63) is 65.7 Å². The van der Waals surface area contributed by atoms with Gasteiger partial charge >= 0.3 is 6.09 Å². The first kappa shape index (κ1) is 22.8. The number of aryl methyl sites for hydroxylation is 1. The van der Waals surface area contributed by atoms with E-state index in [1.54, 1.807) is 38.1 Å². The van der Waals surface area contributed by atoms with Crippen molar-refractivity contribution in [3.63, 3.8) is 0 Å². The molecule has 1 atom stereocenters. The molecule has 8 heteroatoms. The van der Waals surface area contributed by atoms with Crippen LogP contribution in [-0.2, 0) is 9.53 Å². The Balaban J connectivity index is 2.33. The number of carbonyl (C=O) groups excluding carboxylic acids is 2. The first-order valence-corrected chi connectivity index (χ1v) is 9.21. The number of hydrogen-bond donors (Lipinski definition) is 4. The molecular formula is C22H26N2O6. The van der Waals surface area contributed by atoms with E-state index in [4.69, 9.17) is 14.7 Å². The molecule has 0 aliphatic heterocycles. The highest BCUT2D eigenvalue weighted by Crippen LogP contribution is 2.41. The lowest BCUT2D eigenvalue weighted by Crippen LogP contribution is -2.28. The van der Waals surface area contributed by atoms with Gasteiger partial charge in [0.05, 0.1) is 7.11 Å². The quantitative estimate of drug-likeness (QED) is 0.308. The van der Waals surface area contributed by atoms with E-state index < -0.39 is 23.5 Å². The SMILES string of the molecule is COc1ccc([C@@H](OC(=O)Nc2ccc(C)cc2)C(C)(C)/C=C/C(=O)NO)cc1O. The summed E-state index contributed by atoms with van der Waals surface area (Å²) in [5.74, 6) is -0.562. The summed E-state index contributed by atoms with van der Waals surface area (Å²) in [7, 11) is 1.43. The molecule has 0 aliphatic carbocycles. The van der Waals surface area contributed by atoms with E-state index >= 15 is 0 Å². The van der Waals surface area contributed by atoms with Gasteiger partial charge in [0.25, 0.3) is 5.91 Å². The van der Waals surface area contributed by atoms with Gasteiger partial charge in [-0.05, 0) is 36.8 Å². The molecule has 2 aromatic carbocycles. The number of nitrogens with one attached hydrogen (secondary N) is 2. The van der Waals surface area contributed by atoms with Gasteiger partial charge in [-0.15, -0.1) is 0 Å². The van der Waals surface area contributed by atoms with Crippen molar-refractivity contribution >= 4 is 17.7 Å². The molecule has 0 aliphatic rings. The lowest BCUT2D eigenvalue weighted by Gasteiger charge is -2.32. The highest BCUT2D eigenvalue weighted by molar-refractivity contribution is 5.86. The predicted octanol–water partition coefficient (Wildman–Crippen LogP) is 4.09. The zero-order valence-electron chi connectivity index (χ0n) is 17.3. The normalized spacial score (nSPS) is 12.3. The van der Waals surface area contributed by atoms with Crippen LogP contribution in [0.1, 0.15) is 31.1 Å². The van der Waals surface area contributed by atoms with Crippen LogP contribution in [0.25, 0.3) is 0 Å². The van der Waals surface area contributed by atoms with Crippen molar-refractivity contribution in [3.8, 4) is 11.5 Å². The molecule has 30 heavy (non-hydrogen) atoms. The fourth-order valence-electron chi connectivity index (χ4n) is 2.83. The molecule has 0 radical (unpaired) electrons. The molecule has 0 aromatic heterocycles. The van der Waals surface area contributed by atoms with Crippen LogP contribution in [0.2, 0.25) is 0 Å². The van der Waals surface area contributed by atoms with E-state index in [1.807, 2.05) is 19.1 Å². The fourth-order valence-corrected chi connectivity index (χ4v) is 2.83. The van der Waals surface area contributed by atoms with E-state index in [0.717, 1.165) is 11.6 Å². The van der Waals surface area contributed by atoms with Gasteiger partial charge < -0.3 is 14.6 Å². The maximum Gasteiger partial charge on any atom is 0.412 e. The Morgan fingerprint density at radius 3 is 2.37 bits per heavy atom. The highest BCUT2D eigenvalue weighted by atomic mass is 16.6. The van der Waals surface area contributed by atoms with Gasteiger partial charge in [-0.3, -0.25) is 15.3 Å². The van der Waals surface area contributed by atoms with Crippen LogP contribution < -0.4 is 15.5 Å². The Morgan fingerprint density at radius 1 is 1.13 bits per heavy atom. The van der Waals surface area contributed by atoms with Gasteiger partial charge in [0.15, 0.2) is 11.5 Å². The lowest BCUT2D eigenvalue weighted by molar-refractivity contribution is -0.124. The van der Waals surface area contributed by atoms with Gasteiger partial charge in [-0.1, -0.05) is 43.7 Å². The number of anilines is 1. The third-order valence-electron chi connectivity index (χ3n) is 4.48. The number of phenolic OH excluding ortho intramolecular Hbond substituents is 1. The molecule has 0 saturated carbocycles. The first-order valence-electron chi connectivity index (χ1n) is 9.21. The van der Waals surface area contributed by atoms with Crippen LogP contribution in [0.3, 0.4) is 0 Å². The topological polar surface area (TPSA) is 117 Å². The summed E-state index contributed by atoms with van der Waals surface area (Å²) in [6.07, 6.45) is 1.07. The lowest BCUT2D eigenvalue weighted by atomic mass is 9.82. The van der Waals surface area contributed by atoms with Gasteiger partial charge in [0.2, 0.25) is 0 Å². The van der Waals surface area contributed by atoms with E-state index in [2.05, 4.69) is 5.32 Å². The predicted molar refractivity (Wildman–Crippen MR) is 112 cm³/mol. The number of carbonyl (C=O) groups is 2. The molecule has 2 rings (SSSR count). The Labute approximate surface area is 175 Å². The first-order chi connectivity index (χ1) is 14.2. The smallest absolute Gasteiger partial charge is 0.412 e. The van der Waals surface area contributed by atoms with E-state index in [1.165, 1.54) is 24.7 Å². The second-order valence-electron chi connectivity index (χ2n) is 7.34. The van der Waals surface area contributed by atoms with Crippen molar-refractivity contribution in [2.75, 3.05) is 12.4 Å². The molecule has 8 nitrogen and oxygen atoms in total. The zero-order valence-corrected chi connectivity index (χ0v) is 17.3. The summed E-state index contributed by atoms with van der Waals surface area (Å²) in [5, 5.41) is 21.5. The molecule has 0 saturated heterocycles. The number of amides is 2. The monoisotopic (exact) mass is 414 g/mol. The summed E-state index contributed by atoms with van der Waals surface area (Å²) in [6, 6.07) is 11.9. The third-order valence-corrected chi connectivity index (χ3v) is 4.48. The Bertz CT molecular complexity index is 922. The van der Waals surface area contributed by atoms with Gasteiger partial charge in [-0.25, -0.2) is 10.3 Å². The molecular weight excluding hydrogens is 388 g/mol. The van der Waals surface area contributed by atoms with E-state index in [-0.39, 0.29) is 11.5 Å². The second-order valence-corrected chi connectivity index (χ2v) is 7.34. The standard InChI is InChI=1S/C22H26N2O6/c1-14-5-8-16(9-6-14)23-21(27)30-20(22(2,3)12-11-19(26)24-28)15-7-10-18(29-4)17(25)13-15/h5-13,20,25,28H,1-4H3,(H,23,27)(H,24,26)/b12-11+/t20-/m1/s1. The van der Waals surface area contributed by atoms with Gasteiger partial charge in [0, 0.05) is 17.2 Å². The molecule has 0 bridgehead atoms. The Hall–Kier alpha value is -3.52. The van der Waals surface area contributed by atoms with Crippen LogP contribution in [0, 0.1) is 12.3 Å². The maximum absolute atomic E-state index is 12.6. The number of benzene rings is 2. The summed E-state index contributed by atoms with van der Waals surface area (Å²) in [4.78, 5) is 24.0. The maximum atomic E-state index is 12.6. The molecule has 0 fully saturated rings. The molecule has 0 unspecified atom stereocenters. The van der Waals surface area contributed by atoms with Crippen molar-refractivity contribution in [2.24, 2.45) is 5.41 Å². The van der Waals surface area contributed by atoms with Crippen LogP contribution in [0.4, 0.5) is 10.5 Å². The number of hydrogen-bond acceptors (Lipinski definition) is 6. The number of phenols is 1. The highest BCUT2D eigenvalue weighted by Gasteiger charge is 2.33. The second kappa shape index (κ2) is 9.80. The largest absolute Gasteiger partial charge is 0.504 e. The fraction of sp³-hybridized carbons (Fsp3) is 0.273. The van der Waals surface area contributed by atoms with E-state index in [0.29, 0.717) is 11.3 Å². The average Bonchev–Trinajstić information content (AvgIpc) is 2.71. The molecule has 0 heterocycles. The van der Waals surface area contributed by atoms with Crippen LogP contribution >= 0.6 is 0 Å². The van der Waals surface area contributed by atoms with Gasteiger partial charge in [0.1, 0.15) is 6.10 Å². The number of methoxy groups -OCH3 is 1. The Kier molecular flexibility index (Phi) is 7.43. The average molecular weight is 414 g/mol. The molecule has 0 spiro atoms. The summed E-state index contributed by atoms with van der Waals surface area (Å²) in [6.45, 7) is 5.43. The molecule has 160 valence electrons. The summed E-state index contributed by atoms with van der Waals surface area (Å²) >= 11 is 0. The van der Waals surface area contributed by atoms with Gasteiger partial charge in [-0.2, -0.15) is 0 Å². The Morgan fingerprint density at radius 2 is 1.80 bits per heavy atom. The van der Waals surface area contributed by atoms with Crippen molar-refractivity contribution in [1.29, 1.82) is 0 Å².